The third-order valence-corrected chi connectivity index (χ3v) is 3.32. The number of aldehydes is 1. The Morgan fingerprint density at radius 1 is 1.23 bits per heavy atom. The summed E-state index contributed by atoms with van der Waals surface area (Å²) >= 11 is 0. The highest BCUT2D eigenvalue weighted by molar-refractivity contribution is 5.76. The van der Waals surface area contributed by atoms with Gasteiger partial charge in [0.15, 0.2) is 0 Å². The molecule has 0 aromatic heterocycles. The normalized spacial score (nSPS) is 14.2. The Kier molecular flexibility index (Phi) is 13.9. The molecule has 0 amide bonds. The number of benzene rings is 1. The van der Waals surface area contributed by atoms with E-state index in [2.05, 4.69) is 10.2 Å². The number of nitrogens with zero attached hydrogens (tertiary/aromatic N) is 1. The van der Waals surface area contributed by atoms with Crippen molar-refractivity contribution in [3.63, 3.8) is 0 Å². The summed E-state index contributed by atoms with van der Waals surface area (Å²) in [5.74, 6) is 0. The lowest BCUT2D eigenvalue weighted by molar-refractivity contribution is 0.0375. The fourth-order valence-corrected chi connectivity index (χ4v) is 2.02. The van der Waals surface area contributed by atoms with Gasteiger partial charge in [0.2, 0.25) is 0 Å². The van der Waals surface area contributed by atoms with Crippen LogP contribution in [0.15, 0.2) is 24.3 Å². The molecule has 4 nitrogen and oxygen atoms in total. The van der Waals surface area contributed by atoms with Crippen molar-refractivity contribution in [3.8, 4) is 0 Å². The Balaban J connectivity index is 0.000000366. The maximum atomic E-state index is 10.2. The van der Waals surface area contributed by atoms with Crippen molar-refractivity contribution in [2.75, 3.05) is 46.4 Å². The predicted octanol–water partition coefficient (Wildman–Crippen LogP) is 2.76. The number of carbonyl (C=O) groups excluding carboxylic acids is 1. The van der Waals surface area contributed by atoms with Crippen molar-refractivity contribution in [1.82, 2.24) is 10.2 Å². The molecule has 1 saturated heterocycles. The van der Waals surface area contributed by atoms with E-state index in [9.17, 15) is 4.79 Å². The van der Waals surface area contributed by atoms with E-state index in [1.165, 1.54) is 13.0 Å². The van der Waals surface area contributed by atoms with Crippen LogP contribution in [0.3, 0.4) is 0 Å². The summed E-state index contributed by atoms with van der Waals surface area (Å²) in [7, 11) is 2.00. The van der Waals surface area contributed by atoms with Gasteiger partial charge in [0.25, 0.3) is 0 Å². The molecule has 0 spiro atoms. The van der Waals surface area contributed by atoms with Gasteiger partial charge >= 0.3 is 0 Å². The lowest BCUT2D eigenvalue weighted by atomic mass is 10.1. The number of carbonyl (C=O) groups is 1. The molecule has 0 atom stereocenters. The van der Waals surface area contributed by atoms with Crippen LogP contribution < -0.4 is 5.32 Å². The van der Waals surface area contributed by atoms with E-state index in [1.54, 1.807) is 0 Å². The fraction of sp³-hybridized carbons (Fsp3) is 0.611. The Labute approximate surface area is 135 Å². The summed E-state index contributed by atoms with van der Waals surface area (Å²) in [6.45, 7) is 12.3. The number of hydrogen-bond acceptors (Lipinski definition) is 4. The van der Waals surface area contributed by atoms with Gasteiger partial charge in [-0.15, -0.1) is 0 Å². The van der Waals surface area contributed by atoms with Crippen LogP contribution >= 0.6 is 0 Å². The highest BCUT2D eigenvalue weighted by atomic mass is 16.5. The summed E-state index contributed by atoms with van der Waals surface area (Å²) in [5.41, 5.74) is 1.81. The van der Waals surface area contributed by atoms with E-state index in [0.29, 0.717) is 0 Å². The summed E-state index contributed by atoms with van der Waals surface area (Å²) in [4.78, 5) is 12.7. The van der Waals surface area contributed by atoms with Gasteiger partial charge in [0, 0.05) is 18.7 Å². The number of hydrogen-bond donors (Lipinski definition) is 1. The van der Waals surface area contributed by atoms with Crippen molar-refractivity contribution in [1.29, 1.82) is 0 Å². The largest absolute Gasteiger partial charge is 0.379 e. The van der Waals surface area contributed by atoms with Gasteiger partial charge in [-0.3, -0.25) is 9.69 Å². The molecule has 1 heterocycles. The van der Waals surface area contributed by atoms with Crippen LogP contribution in [0.25, 0.3) is 0 Å². The lowest BCUT2D eigenvalue weighted by Gasteiger charge is -2.26. The topological polar surface area (TPSA) is 41.6 Å². The number of ether oxygens (including phenoxy) is 1. The van der Waals surface area contributed by atoms with Gasteiger partial charge in [0.1, 0.15) is 6.29 Å². The molecule has 4 heteroatoms. The van der Waals surface area contributed by atoms with Crippen LogP contribution in [-0.4, -0.2) is 57.6 Å². The molecule has 0 radical (unpaired) electrons. The van der Waals surface area contributed by atoms with Gasteiger partial charge in [-0.25, -0.2) is 0 Å². The number of nitrogens with one attached hydrogen (secondary N) is 1. The van der Waals surface area contributed by atoms with Gasteiger partial charge in [-0.2, -0.15) is 0 Å². The fourth-order valence-electron chi connectivity index (χ4n) is 2.02. The lowest BCUT2D eigenvalue weighted by Crippen LogP contribution is -2.37. The molecule has 126 valence electrons. The molecule has 1 fully saturated rings. The average Bonchev–Trinajstić information content (AvgIpc) is 2.59. The zero-order valence-electron chi connectivity index (χ0n) is 14.6. The molecular formula is C18H32N2O2. The molecule has 1 aromatic carbocycles. The number of aryl methyl sites for hydroxylation is 1. The van der Waals surface area contributed by atoms with Gasteiger partial charge < -0.3 is 10.1 Å². The summed E-state index contributed by atoms with van der Waals surface area (Å²) < 4.78 is 5.25. The maximum Gasteiger partial charge on any atom is 0.150 e. The first-order chi connectivity index (χ1) is 10.8. The SMILES string of the molecule is CC.CNCCCN1CCOCC1.Cc1ccccc1C=O. The Morgan fingerprint density at radius 3 is 2.36 bits per heavy atom. The molecule has 0 unspecified atom stereocenters. The quantitative estimate of drug-likeness (QED) is 0.671. The smallest absolute Gasteiger partial charge is 0.150 e. The van der Waals surface area contributed by atoms with Gasteiger partial charge in [-0.1, -0.05) is 38.1 Å². The molecular weight excluding hydrogens is 276 g/mol. The molecule has 2 rings (SSSR count). The number of morpholine rings is 1. The Hall–Kier alpha value is -1.23. The van der Waals surface area contributed by atoms with Crippen LogP contribution in [0.1, 0.15) is 36.2 Å². The molecule has 1 N–H and O–H groups in total. The van der Waals surface area contributed by atoms with E-state index in [1.807, 2.05) is 52.1 Å². The van der Waals surface area contributed by atoms with Gasteiger partial charge in [-0.05, 0) is 39.0 Å². The molecule has 1 aromatic rings. The van der Waals surface area contributed by atoms with Crippen molar-refractivity contribution >= 4 is 6.29 Å². The minimum atomic E-state index is 0.775. The molecule has 0 saturated carbocycles. The second-order valence-corrected chi connectivity index (χ2v) is 4.89. The van der Waals surface area contributed by atoms with Crippen molar-refractivity contribution in [2.24, 2.45) is 0 Å². The van der Waals surface area contributed by atoms with E-state index in [0.717, 1.165) is 50.3 Å². The summed E-state index contributed by atoms with van der Waals surface area (Å²) in [5, 5.41) is 3.15. The van der Waals surface area contributed by atoms with Crippen LogP contribution in [0.4, 0.5) is 0 Å². The first kappa shape index (κ1) is 20.8. The summed E-state index contributed by atoms with van der Waals surface area (Å²) in [6, 6.07) is 7.51. The Morgan fingerprint density at radius 2 is 1.86 bits per heavy atom. The predicted molar refractivity (Wildman–Crippen MR) is 93.7 cm³/mol. The van der Waals surface area contributed by atoms with E-state index < -0.39 is 0 Å². The highest BCUT2D eigenvalue weighted by Gasteiger charge is 2.08. The molecule has 1 aliphatic rings. The van der Waals surface area contributed by atoms with Crippen LogP contribution in [-0.2, 0) is 4.74 Å². The van der Waals surface area contributed by atoms with Crippen molar-refractivity contribution in [2.45, 2.75) is 27.2 Å². The molecule has 0 aliphatic carbocycles. The number of rotatable bonds is 5. The standard InChI is InChI=1S/C8H18N2O.C8H8O.C2H6/c1-9-3-2-4-10-5-7-11-8-6-10;1-7-4-2-3-5-8(7)6-9;1-2/h9H,2-8H2,1H3;2-6H,1H3;1-2H3. The van der Waals surface area contributed by atoms with E-state index in [-0.39, 0.29) is 0 Å². The minimum absolute atomic E-state index is 0.775. The first-order valence-corrected chi connectivity index (χ1v) is 8.23. The molecule has 0 bridgehead atoms. The third-order valence-electron chi connectivity index (χ3n) is 3.32. The van der Waals surface area contributed by atoms with E-state index in [4.69, 9.17) is 4.74 Å². The minimum Gasteiger partial charge on any atom is -0.379 e. The first-order valence-electron chi connectivity index (χ1n) is 8.23. The molecule has 22 heavy (non-hydrogen) atoms. The summed E-state index contributed by atoms with van der Waals surface area (Å²) in [6.07, 6.45) is 2.12. The van der Waals surface area contributed by atoms with E-state index >= 15 is 0 Å². The van der Waals surface area contributed by atoms with Gasteiger partial charge in [0.05, 0.1) is 13.2 Å². The molecule has 1 aliphatic heterocycles. The third kappa shape index (κ3) is 9.66. The van der Waals surface area contributed by atoms with Crippen molar-refractivity contribution in [3.05, 3.63) is 35.4 Å². The second kappa shape index (κ2) is 14.7. The highest BCUT2D eigenvalue weighted by Crippen LogP contribution is 2.02. The monoisotopic (exact) mass is 308 g/mol. The zero-order valence-corrected chi connectivity index (χ0v) is 14.6. The van der Waals surface area contributed by atoms with Crippen LogP contribution in [0, 0.1) is 6.92 Å². The second-order valence-electron chi connectivity index (χ2n) is 4.89. The zero-order chi connectivity index (χ0) is 16.6. The van der Waals surface area contributed by atoms with Crippen LogP contribution in [0.5, 0.6) is 0 Å². The van der Waals surface area contributed by atoms with Crippen LogP contribution in [0.2, 0.25) is 0 Å². The average molecular weight is 308 g/mol. The maximum absolute atomic E-state index is 10.2. The Bertz CT molecular complexity index is 377. The van der Waals surface area contributed by atoms with Crippen molar-refractivity contribution < 1.29 is 9.53 Å².